The highest BCUT2D eigenvalue weighted by Crippen LogP contribution is 2.37. The second-order valence-electron chi connectivity index (χ2n) is 3.92. The minimum absolute atomic E-state index is 0.0337. The van der Waals surface area contributed by atoms with Crippen LogP contribution >= 0.6 is 0 Å². The standard InChI is InChI=1S/C12H18N2O4/c1-4-5-9(13)8-6-11(17-2)12(18-3)7-10(8)14(15)16/h6-7,9H,4-5,13H2,1-3H3/t9-/m1/s1. The molecule has 0 amide bonds. The zero-order chi connectivity index (χ0) is 13.7. The third-order valence-electron chi connectivity index (χ3n) is 2.73. The molecule has 0 aliphatic rings. The quantitative estimate of drug-likeness (QED) is 0.622. The minimum atomic E-state index is -0.452. The normalized spacial score (nSPS) is 12.0. The molecule has 0 fully saturated rings. The average Bonchev–Trinajstić information content (AvgIpc) is 2.37. The van der Waals surface area contributed by atoms with E-state index in [1.54, 1.807) is 6.07 Å². The molecule has 0 spiro atoms. The zero-order valence-electron chi connectivity index (χ0n) is 10.8. The van der Waals surface area contributed by atoms with Gasteiger partial charge >= 0.3 is 0 Å². The molecule has 0 aliphatic heterocycles. The molecule has 0 saturated carbocycles. The lowest BCUT2D eigenvalue weighted by Crippen LogP contribution is -2.12. The van der Waals surface area contributed by atoms with Crippen molar-refractivity contribution in [1.29, 1.82) is 0 Å². The van der Waals surface area contributed by atoms with Gasteiger partial charge in [0.05, 0.1) is 30.8 Å². The summed E-state index contributed by atoms with van der Waals surface area (Å²) in [6.45, 7) is 1.98. The number of benzene rings is 1. The molecule has 0 unspecified atom stereocenters. The summed E-state index contributed by atoms with van der Waals surface area (Å²) in [5, 5.41) is 11.1. The van der Waals surface area contributed by atoms with Gasteiger partial charge in [0.25, 0.3) is 5.69 Å². The first-order valence-electron chi connectivity index (χ1n) is 5.71. The van der Waals surface area contributed by atoms with E-state index < -0.39 is 4.92 Å². The largest absolute Gasteiger partial charge is 0.493 e. The fourth-order valence-corrected chi connectivity index (χ4v) is 1.81. The van der Waals surface area contributed by atoms with Crippen LogP contribution in [0.25, 0.3) is 0 Å². The molecule has 1 aromatic rings. The molecule has 2 N–H and O–H groups in total. The van der Waals surface area contributed by atoms with Gasteiger partial charge in [-0.05, 0) is 12.5 Å². The molecule has 6 heteroatoms. The molecular formula is C12H18N2O4. The van der Waals surface area contributed by atoms with E-state index >= 15 is 0 Å². The topological polar surface area (TPSA) is 87.6 Å². The Balaban J connectivity index is 3.33. The van der Waals surface area contributed by atoms with Gasteiger partial charge in [-0.3, -0.25) is 10.1 Å². The van der Waals surface area contributed by atoms with Crippen molar-refractivity contribution in [2.45, 2.75) is 25.8 Å². The van der Waals surface area contributed by atoms with E-state index in [1.165, 1.54) is 20.3 Å². The second-order valence-corrected chi connectivity index (χ2v) is 3.92. The highest BCUT2D eigenvalue weighted by molar-refractivity contribution is 5.55. The lowest BCUT2D eigenvalue weighted by atomic mass is 10.0. The fraction of sp³-hybridized carbons (Fsp3) is 0.500. The number of hydrogen-bond donors (Lipinski definition) is 1. The number of nitro groups is 1. The summed E-state index contributed by atoms with van der Waals surface area (Å²) < 4.78 is 10.2. The van der Waals surface area contributed by atoms with Crippen LogP contribution in [-0.4, -0.2) is 19.1 Å². The van der Waals surface area contributed by atoms with Gasteiger partial charge in [-0.25, -0.2) is 0 Å². The fourth-order valence-electron chi connectivity index (χ4n) is 1.81. The lowest BCUT2D eigenvalue weighted by Gasteiger charge is -2.14. The summed E-state index contributed by atoms with van der Waals surface area (Å²) in [7, 11) is 2.92. The summed E-state index contributed by atoms with van der Waals surface area (Å²) in [5.74, 6) is 0.779. The van der Waals surface area contributed by atoms with Crippen LogP contribution in [0.3, 0.4) is 0 Å². The summed E-state index contributed by atoms with van der Waals surface area (Å²) in [6.07, 6.45) is 1.53. The van der Waals surface area contributed by atoms with E-state index in [1.807, 2.05) is 6.92 Å². The zero-order valence-corrected chi connectivity index (χ0v) is 10.8. The predicted octanol–water partition coefficient (Wildman–Crippen LogP) is 2.41. The van der Waals surface area contributed by atoms with Crippen molar-refractivity contribution < 1.29 is 14.4 Å². The Morgan fingerprint density at radius 2 is 1.89 bits per heavy atom. The molecule has 1 atom stereocenters. The molecule has 6 nitrogen and oxygen atoms in total. The van der Waals surface area contributed by atoms with Crippen LogP contribution in [0.15, 0.2) is 12.1 Å². The number of rotatable bonds is 6. The van der Waals surface area contributed by atoms with E-state index in [0.717, 1.165) is 6.42 Å². The van der Waals surface area contributed by atoms with Crippen molar-refractivity contribution in [2.24, 2.45) is 5.73 Å². The number of nitrogens with zero attached hydrogens (tertiary/aromatic N) is 1. The molecule has 1 aromatic carbocycles. The highest BCUT2D eigenvalue weighted by atomic mass is 16.6. The van der Waals surface area contributed by atoms with Gasteiger partial charge in [-0.15, -0.1) is 0 Å². The van der Waals surface area contributed by atoms with E-state index in [2.05, 4.69) is 0 Å². The Morgan fingerprint density at radius 1 is 1.33 bits per heavy atom. The van der Waals surface area contributed by atoms with Crippen LogP contribution in [-0.2, 0) is 0 Å². The molecule has 0 bridgehead atoms. The molecule has 0 radical (unpaired) electrons. The summed E-state index contributed by atoms with van der Waals surface area (Å²) in [5.41, 5.74) is 6.40. The molecular weight excluding hydrogens is 236 g/mol. The second kappa shape index (κ2) is 6.20. The van der Waals surface area contributed by atoms with E-state index in [-0.39, 0.29) is 11.7 Å². The van der Waals surface area contributed by atoms with Gasteiger partial charge in [-0.2, -0.15) is 0 Å². The lowest BCUT2D eigenvalue weighted by molar-refractivity contribution is -0.385. The van der Waals surface area contributed by atoms with Crippen LogP contribution in [0.4, 0.5) is 5.69 Å². The van der Waals surface area contributed by atoms with Crippen molar-refractivity contribution in [3.05, 3.63) is 27.8 Å². The highest BCUT2D eigenvalue weighted by Gasteiger charge is 2.23. The Kier molecular flexibility index (Phi) is 4.91. The molecule has 0 aromatic heterocycles. The Labute approximate surface area is 106 Å². The van der Waals surface area contributed by atoms with Gasteiger partial charge in [0, 0.05) is 6.04 Å². The van der Waals surface area contributed by atoms with Crippen LogP contribution in [0.2, 0.25) is 0 Å². The summed E-state index contributed by atoms with van der Waals surface area (Å²) in [4.78, 5) is 10.6. The third-order valence-corrected chi connectivity index (χ3v) is 2.73. The SMILES string of the molecule is CCC[C@@H](N)c1cc(OC)c(OC)cc1[N+](=O)[O-]. The first-order valence-corrected chi connectivity index (χ1v) is 5.71. The summed E-state index contributed by atoms with van der Waals surface area (Å²) >= 11 is 0. The number of methoxy groups -OCH3 is 2. The maximum absolute atomic E-state index is 11.1. The van der Waals surface area contributed by atoms with E-state index in [0.29, 0.717) is 23.5 Å². The average molecular weight is 254 g/mol. The van der Waals surface area contributed by atoms with Gasteiger partial charge < -0.3 is 15.2 Å². The van der Waals surface area contributed by atoms with Crippen LogP contribution in [0.5, 0.6) is 11.5 Å². The van der Waals surface area contributed by atoms with Crippen molar-refractivity contribution in [3.63, 3.8) is 0 Å². The predicted molar refractivity (Wildman–Crippen MR) is 68.0 cm³/mol. The van der Waals surface area contributed by atoms with Crippen LogP contribution in [0.1, 0.15) is 31.4 Å². The maximum Gasteiger partial charge on any atom is 0.278 e. The molecule has 0 heterocycles. The van der Waals surface area contributed by atoms with Crippen molar-refractivity contribution in [1.82, 2.24) is 0 Å². The van der Waals surface area contributed by atoms with Gasteiger partial charge in [0.15, 0.2) is 11.5 Å². The molecule has 0 saturated heterocycles. The first-order chi connectivity index (χ1) is 8.54. The number of hydrogen-bond acceptors (Lipinski definition) is 5. The van der Waals surface area contributed by atoms with E-state index in [9.17, 15) is 10.1 Å². The molecule has 100 valence electrons. The minimum Gasteiger partial charge on any atom is -0.493 e. The molecule has 18 heavy (non-hydrogen) atoms. The van der Waals surface area contributed by atoms with Crippen LogP contribution in [0, 0.1) is 10.1 Å². The van der Waals surface area contributed by atoms with E-state index in [4.69, 9.17) is 15.2 Å². The Bertz CT molecular complexity index is 434. The first kappa shape index (κ1) is 14.2. The molecule has 1 rings (SSSR count). The van der Waals surface area contributed by atoms with Crippen molar-refractivity contribution in [3.8, 4) is 11.5 Å². The van der Waals surface area contributed by atoms with Crippen molar-refractivity contribution >= 4 is 5.69 Å². The number of nitro benzene ring substituents is 1. The monoisotopic (exact) mass is 254 g/mol. The third kappa shape index (κ3) is 2.89. The van der Waals surface area contributed by atoms with Gasteiger partial charge in [0.1, 0.15) is 0 Å². The number of nitrogens with two attached hydrogens (primary N) is 1. The van der Waals surface area contributed by atoms with Crippen LogP contribution < -0.4 is 15.2 Å². The maximum atomic E-state index is 11.1. The number of ether oxygens (including phenoxy) is 2. The Hall–Kier alpha value is -1.82. The van der Waals surface area contributed by atoms with Gasteiger partial charge in [0.2, 0.25) is 0 Å². The smallest absolute Gasteiger partial charge is 0.278 e. The molecule has 0 aliphatic carbocycles. The van der Waals surface area contributed by atoms with Crippen molar-refractivity contribution in [2.75, 3.05) is 14.2 Å². The summed E-state index contributed by atoms with van der Waals surface area (Å²) in [6, 6.07) is 2.55. The Morgan fingerprint density at radius 3 is 2.33 bits per heavy atom. The van der Waals surface area contributed by atoms with Gasteiger partial charge in [-0.1, -0.05) is 13.3 Å².